The van der Waals surface area contributed by atoms with Crippen molar-refractivity contribution in [3.8, 4) is 5.75 Å². The van der Waals surface area contributed by atoms with E-state index in [0.717, 1.165) is 71.0 Å². The van der Waals surface area contributed by atoms with Gasteiger partial charge in [-0.1, -0.05) is 15.9 Å². The van der Waals surface area contributed by atoms with E-state index in [1.165, 1.54) is 0 Å². The summed E-state index contributed by atoms with van der Waals surface area (Å²) in [5, 5.41) is 3.04. The molecule has 2 aromatic rings. The minimum atomic E-state index is -0.0973. The number of aryl methyl sites for hydroxylation is 1. The van der Waals surface area contributed by atoms with Crippen LogP contribution in [0.2, 0.25) is 0 Å². The number of rotatable bonds is 3. The largest absolute Gasteiger partial charge is 0.495 e. The highest BCUT2D eigenvalue weighted by Gasteiger charge is 2.28. The molecule has 2 amide bonds. The smallest absolute Gasteiger partial charge is 0.326 e. The van der Waals surface area contributed by atoms with Gasteiger partial charge >= 0.3 is 6.03 Å². The van der Waals surface area contributed by atoms with Crippen molar-refractivity contribution in [3.05, 3.63) is 45.9 Å². The number of hydrogen-bond acceptors (Lipinski definition) is 4. The van der Waals surface area contributed by atoms with E-state index >= 15 is 0 Å². The van der Waals surface area contributed by atoms with E-state index in [1.807, 2.05) is 30.0 Å². The maximum atomic E-state index is 13.0. The average Bonchev–Trinajstić information content (AvgIpc) is 3.13. The lowest BCUT2D eigenvalue weighted by molar-refractivity contribution is 0.257. The number of fused-ring (bicyclic) bond motifs is 1. The number of amides is 2. The van der Waals surface area contributed by atoms with Gasteiger partial charge in [-0.3, -0.25) is 4.90 Å². The summed E-state index contributed by atoms with van der Waals surface area (Å²) in [6.07, 6.45) is 0.835. The number of urea groups is 1. The number of methoxy groups -OCH3 is 1. The lowest BCUT2D eigenvalue weighted by atomic mass is 10.1. The van der Waals surface area contributed by atoms with Crippen molar-refractivity contribution in [1.82, 2.24) is 4.90 Å². The fraction of sp³-hybridized carbons (Fsp3) is 0.409. The van der Waals surface area contributed by atoms with Gasteiger partial charge in [0.05, 0.1) is 18.5 Å². The number of carbonyl (C=O) groups excluding carboxylic acids is 1. The van der Waals surface area contributed by atoms with E-state index in [2.05, 4.69) is 50.2 Å². The molecule has 1 saturated heterocycles. The van der Waals surface area contributed by atoms with Crippen molar-refractivity contribution in [3.63, 3.8) is 0 Å². The molecule has 0 unspecified atom stereocenters. The molecule has 154 valence electrons. The van der Waals surface area contributed by atoms with Crippen LogP contribution in [0.15, 0.2) is 34.8 Å². The van der Waals surface area contributed by atoms with Crippen LogP contribution in [0.1, 0.15) is 11.1 Å². The number of benzene rings is 2. The highest BCUT2D eigenvalue weighted by molar-refractivity contribution is 9.10. The van der Waals surface area contributed by atoms with E-state index < -0.39 is 0 Å². The van der Waals surface area contributed by atoms with Gasteiger partial charge in [0.1, 0.15) is 5.75 Å². The highest BCUT2D eigenvalue weighted by atomic mass is 79.9. The topological polar surface area (TPSA) is 48.1 Å². The normalized spacial score (nSPS) is 16.7. The monoisotopic (exact) mass is 458 g/mol. The Bertz CT molecular complexity index is 925. The summed E-state index contributed by atoms with van der Waals surface area (Å²) in [7, 11) is 3.86. The molecule has 6 nitrogen and oxygen atoms in total. The lowest BCUT2D eigenvalue weighted by Gasteiger charge is -2.35. The van der Waals surface area contributed by atoms with Gasteiger partial charge in [0, 0.05) is 42.9 Å². The Balaban J connectivity index is 1.59. The molecule has 0 atom stereocenters. The SMILES string of the molecule is COc1cc2c(cc1N1CCN(C)CC1)N(C(=O)Nc1ccc(Br)c(C)c1)CC2. The second-order valence-electron chi connectivity index (χ2n) is 7.74. The molecule has 0 aromatic heterocycles. The van der Waals surface area contributed by atoms with Crippen molar-refractivity contribution in [1.29, 1.82) is 0 Å². The number of carbonyl (C=O) groups is 1. The molecule has 2 aliphatic rings. The Labute approximate surface area is 180 Å². The number of likely N-dealkylation sites (N-methyl/N-ethyl adjacent to an activating group) is 1. The zero-order chi connectivity index (χ0) is 20.5. The molecule has 0 saturated carbocycles. The molecule has 7 heteroatoms. The maximum absolute atomic E-state index is 13.0. The van der Waals surface area contributed by atoms with Crippen LogP contribution in [0, 0.1) is 6.92 Å². The average molecular weight is 459 g/mol. The van der Waals surface area contributed by atoms with Crippen LogP contribution in [-0.4, -0.2) is 57.8 Å². The summed E-state index contributed by atoms with van der Waals surface area (Å²) in [5.41, 5.74) is 5.09. The molecule has 1 fully saturated rings. The van der Waals surface area contributed by atoms with Gasteiger partial charge in [0.15, 0.2) is 0 Å². The first-order chi connectivity index (χ1) is 14.0. The summed E-state index contributed by atoms with van der Waals surface area (Å²) in [4.78, 5) is 19.5. The molecule has 4 rings (SSSR count). The van der Waals surface area contributed by atoms with Crippen molar-refractivity contribution < 1.29 is 9.53 Å². The van der Waals surface area contributed by atoms with Crippen molar-refractivity contribution >= 4 is 39.0 Å². The van der Waals surface area contributed by atoms with Gasteiger partial charge in [-0.25, -0.2) is 4.79 Å². The number of anilines is 3. The number of nitrogens with zero attached hydrogens (tertiary/aromatic N) is 3. The first-order valence-electron chi connectivity index (χ1n) is 9.95. The van der Waals surface area contributed by atoms with E-state index in [4.69, 9.17) is 4.74 Å². The fourth-order valence-electron chi connectivity index (χ4n) is 3.99. The van der Waals surface area contributed by atoms with Crippen LogP contribution < -0.4 is 19.9 Å². The molecule has 29 heavy (non-hydrogen) atoms. The summed E-state index contributed by atoms with van der Waals surface area (Å²) in [6, 6.07) is 9.97. The van der Waals surface area contributed by atoms with Crippen LogP contribution in [0.5, 0.6) is 5.75 Å². The van der Waals surface area contributed by atoms with Gasteiger partial charge in [0.2, 0.25) is 0 Å². The molecule has 2 heterocycles. The first-order valence-corrected chi connectivity index (χ1v) is 10.7. The molecule has 2 aromatic carbocycles. The van der Waals surface area contributed by atoms with Crippen LogP contribution in [-0.2, 0) is 6.42 Å². The third-order valence-corrected chi connectivity index (χ3v) is 6.66. The van der Waals surface area contributed by atoms with Crippen LogP contribution in [0.25, 0.3) is 0 Å². The minimum absolute atomic E-state index is 0.0973. The number of piperazine rings is 1. The fourth-order valence-corrected chi connectivity index (χ4v) is 4.23. The molecular weight excluding hydrogens is 432 g/mol. The lowest BCUT2D eigenvalue weighted by Crippen LogP contribution is -2.44. The van der Waals surface area contributed by atoms with Crippen LogP contribution in [0.4, 0.5) is 21.9 Å². The van der Waals surface area contributed by atoms with Crippen molar-refractivity contribution in [2.45, 2.75) is 13.3 Å². The predicted molar refractivity (Wildman–Crippen MR) is 122 cm³/mol. The van der Waals surface area contributed by atoms with Crippen LogP contribution in [0.3, 0.4) is 0 Å². The number of hydrogen-bond donors (Lipinski definition) is 1. The van der Waals surface area contributed by atoms with Crippen molar-refractivity contribution in [2.24, 2.45) is 0 Å². The minimum Gasteiger partial charge on any atom is -0.495 e. The van der Waals surface area contributed by atoms with Gasteiger partial charge in [0.25, 0.3) is 0 Å². The number of halogens is 1. The molecule has 0 spiro atoms. The Morgan fingerprint density at radius 3 is 2.52 bits per heavy atom. The number of nitrogens with one attached hydrogen (secondary N) is 1. The summed E-state index contributed by atoms with van der Waals surface area (Å²) in [5.74, 6) is 0.888. The first kappa shape index (κ1) is 20.0. The van der Waals surface area contributed by atoms with Crippen molar-refractivity contribution in [2.75, 3.05) is 62.0 Å². The second-order valence-corrected chi connectivity index (χ2v) is 8.59. The molecule has 1 N–H and O–H groups in total. The zero-order valence-electron chi connectivity index (χ0n) is 17.2. The molecule has 0 aliphatic carbocycles. The number of ether oxygens (including phenoxy) is 1. The Morgan fingerprint density at radius 1 is 1.07 bits per heavy atom. The van der Waals surface area contributed by atoms with E-state index in [0.29, 0.717) is 6.54 Å². The summed E-state index contributed by atoms with van der Waals surface area (Å²) in [6.45, 7) is 6.64. The third-order valence-electron chi connectivity index (χ3n) is 5.77. The van der Waals surface area contributed by atoms with E-state index in [-0.39, 0.29) is 6.03 Å². The van der Waals surface area contributed by atoms with Crippen LogP contribution >= 0.6 is 15.9 Å². The Hall–Kier alpha value is -2.25. The van der Waals surface area contributed by atoms with E-state index in [9.17, 15) is 4.79 Å². The quantitative estimate of drug-likeness (QED) is 0.751. The molecular formula is C22H27BrN4O2. The Morgan fingerprint density at radius 2 is 1.83 bits per heavy atom. The standard InChI is InChI=1S/C22H27BrN4O2/c1-15-12-17(4-5-18(15)23)24-22(28)27-7-6-16-13-21(29-3)20(14-19(16)27)26-10-8-25(2)9-11-26/h4-5,12-14H,6-11H2,1-3H3,(H,24,28). The summed E-state index contributed by atoms with van der Waals surface area (Å²) < 4.78 is 6.72. The predicted octanol–water partition coefficient (Wildman–Crippen LogP) is 4.11. The Kier molecular flexibility index (Phi) is 5.69. The van der Waals surface area contributed by atoms with Gasteiger partial charge in [-0.05, 0) is 61.9 Å². The summed E-state index contributed by atoms with van der Waals surface area (Å²) >= 11 is 3.50. The van der Waals surface area contributed by atoms with Gasteiger partial charge in [-0.15, -0.1) is 0 Å². The van der Waals surface area contributed by atoms with E-state index in [1.54, 1.807) is 7.11 Å². The zero-order valence-corrected chi connectivity index (χ0v) is 18.8. The highest BCUT2D eigenvalue weighted by Crippen LogP contribution is 2.39. The maximum Gasteiger partial charge on any atom is 0.326 e. The van der Waals surface area contributed by atoms with Gasteiger partial charge in [-0.2, -0.15) is 0 Å². The van der Waals surface area contributed by atoms with Gasteiger partial charge < -0.3 is 19.9 Å². The third kappa shape index (κ3) is 4.07. The molecule has 2 aliphatic heterocycles. The second kappa shape index (κ2) is 8.24. The molecule has 0 radical (unpaired) electrons. The molecule has 0 bridgehead atoms.